The van der Waals surface area contributed by atoms with Crippen LogP contribution in [-0.2, 0) is 6.18 Å². The SMILES string of the molecule is O=C(NCCC(c1ccc(F)cc1)c1ccc(F)cc1)c1ccc(C(F)(F)F)nc1. The van der Waals surface area contributed by atoms with Crippen LogP contribution >= 0.6 is 0 Å². The second-order valence-corrected chi connectivity index (χ2v) is 6.63. The summed E-state index contributed by atoms with van der Waals surface area (Å²) >= 11 is 0. The first-order chi connectivity index (χ1) is 14.2. The first-order valence-corrected chi connectivity index (χ1v) is 9.06. The Morgan fingerprint density at radius 3 is 1.83 bits per heavy atom. The van der Waals surface area contributed by atoms with Crippen LogP contribution < -0.4 is 5.32 Å². The summed E-state index contributed by atoms with van der Waals surface area (Å²) in [5, 5.41) is 2.64. The minimum atomic E-state index is -4.58. The number of halogens is 5. The Balaban J connectivity index is 1.69. The maximum absolute atomic E-state index is 13.3. The number of aromatic nitrogens is 1. The number of nitrogens with zero attached hydrogens (tertiary/aromatic N) is 1. The quantitative estimate of drug-likeness (QED) is 0.548. The van der Waals surface area contributed by atoms with Crippen LogP contribution in [0, 0.1) is 11.6 Å². The molecule has 0 atom stereocenters. The fourth-order valence-electron chi connectivity index (χ4n) is 3.04. The zero-order valence-corrected chi connectivity index (χ0v) is 15.6. The summed E-state index contributed by atoms with van der Waals surface area (Å²) in [4.78, 5) is 15.5. The molecule has 1 heterocycles. The van der Waals surface area contributed by atoms with E-state index in [1.54, 1.807) is 24.3 Å². The molecule has 0 aliphatic heterocycles. The summed E-state index contributed by atoms with van der Waals surface area (Å²) in [5.41, 5.74) is 0.497. The minimum absolute atomic E-state index is 0.00288. The number of rotatable bonds is 6. The molecule has 0 aliphatic carbocycles. The van der Waals surface area contributed by atoms with Crippen molar-refractivity contribution in [3.63, 3.8) is 0 Å². The normalized spacial score (nSPS) is 11.5. The number of pyridine rings is 1. The summed E-state index contributed by atoms with van der Waals surface area (Å²) in [6.45, 7) is 0.194. The van der Waals surface area contributed by atoms with Gasteiger partial charge in [-0.05, 0) is 53.9 Å². The Labute approximate surface area is 169 Å². The molecule has 0 aliphatic rings. The van der Waals surface area contributed by atoms with E-state index in [1.165, 1.54) is 24.3 Å². The lowest BCUT2D eigenvalue weighted by molar-refractivity contribution is -0.141. The number of hydrogen-bond acceptors (Lipinski definition) is 2. The topological polar surface area (TPSA) is 42.0 Å². The summed E-state index contributed by atoms with van der Waals surface area (Å²) in [7, 11) is 0. The highest BCUT2D eigenvalue weighted by Gasteiger charge is 2.32. The van der Waals surface area contributed by atoms with Crippen molar-refractivity contribution in [1.29, 1.82) is 0 Å². The lowest BCUT2D eigenvalue weighted by Gasteiger charge is -2.18. The van der Waals surface area contributed by atoms with Crippen LogP contribution in [0.3, 0.4) is 0 Å². The Kier molecular flexibility index (Phi) is 6.44. The van der Waals surface area contributed by atoms with Crippen molar-refractivity contribution < 1.29 is 26.7 Å². The molecule has 3 aromatic rings. The minimum Gasteiger partial charge on any atom is -0.352 e. The maximum Gasteiger partial charge on any atom is 0.433 e. The second-order valence-electron chi connectivity index (χ2n) is 6.63. The van der Waals surface area contributed by atoms with Gasteiger partial charge < -0.3 is 5.32 Å². The Bertz CT molecular complexity index is 939. The number of carbonyl (C=O) groups excluding carboxylic acids is 1. The van der Waals surface area contributed by atoms with Gasteiger partial charge in [0.1, 0.15) is 17.3 Å². The molecule has 1 N–H and O–H groups in total. The molecule has 3 rings (SSSR count). The number of alkyl halides is 3. The van der Waals surface area contributed by atoms with E-state index in [9.17, 15) is 26.7 Å². The van der Waals surface area contributed by atoms with Crippen molar-refractivity contribution in [2.45, 2.75) is 18.5 Å². The number of carbonyl (C=O) groups is 1. The summed E-state index contributed by atoms with van der Waals surface area (Å²) in [6.07, 6.45) is -3.29. The molecule has 0 spiro atoms. The highest BCUT2D eigenvalue weighted by Crippen LogP contribution is 2.29. The molecule has 1 amide bonds. The predicted octanol–water partition coefficient (Wildman–Crippen LogP) is 5.33. The van der Waals surface area contributed by atoms with Gasteiger partial charge in [-0.1, -0.05) is 24.3 Å². The number of benzene rings is 2. The van der Waals surface area contributed by atoms with E-state index in [4.69, 9.17) is 0 Å². The van der Waals surface area contributed by atoms with Gasteiger partial charge in [0.15, 0.2) is 0 Å². The third kappa shape index (κ3) is 5.40. The van der Waals surface area contributed by atoms with Crippen LogP contribution in [0.4, 0.5) is 22.0 Å². The molecule has 156 valence electrons. The van der Waals surface area contributed by atoms with E-state index in [1.807, 2.05) is 0 Å². The van der Waals surface area contributed by atoms with Crippen molar-refractivity contribution in [2.24, 2.45) is 0 Å². The Morgan fingerprint density at radius 1 is 0.867 bits per heavy atom. The molecule has 0 saturated carbocycles. The van der Waals surface area contributed by atoms with Crippen molar-refractivity contribution in [2.75, 3.05) is 6.54 Å². The summed E-state index contributed by atoms with van der Waals surface area (Å²) in [6, 6.07) is 13.5. The first-order valence-electron chi connectivity index (χ1n) is 9.06. The standard InChI is InChI=1S/C22H17F5N2O/c23-17-6-1-14(2-7-17)19(15-3-8-18(24)9-4-15)11-12-28-21(30)16-5-10-20(29-13-16)22(25,26)27/h1-10,13,19H,11-12H2,(H,28,30). The van der Waals surface area contributed by atoms with Gasteiger partial charge in [-0.3, -0.25) is 9.78 Å². The van der Waals surface area contributed by atoms with Crippen LogP contribution in [0.1, 0.15) is 39.5 Å². The monoisotopic (exact) mass is 420 g/mol. The van der Waals surface area contributed by atoms with Gasteiger partial charge in [0.2, 0.25) is 0 Å². The van der Waals surface area contributed by atoms with Crippen molar-refractivity contribution in [3.8, 4) is 0 Å². The van der Waals surface area contributed by atoms with Gasteiger partial charge in [0.25, 0.3) is 5.91 Å². The number of amides is 1. The molecule has 30 heavy (non-hydrogen) atoms. The van der Waals surface area contributed by atoms with Crippen LogP contribution in [0.2, 0.25) is 0 Å². The van der Waals surface area contributed by atoms with Crippen LogP contribution in [0.15, 0.2) is 66.9 Å². The lowest BCUT2D eigenvalue weighted by atomic mass is 9.88. The Hall–Kier alpha value is -3.29. The fraction of sp³-hybridized carbons (Fsp3) is 0.182. The number of nitrogens with one attached hydrogen (secondary N) is 1. The van der Waals surface area contributed by atoms with Gasteiger partial charge in [0.05, 0.1) is 5.56 Å². The average molecular weight is 420 g/mol. The highest BCUT2D eigenvalue weighted by molar-refractivity contribution is 5.93. The van der Waals surface area contributed by atoms with E-state index in [0.717, 1.165) is 29.5 Å². The average Bonchev–Trinajstić information content (AvgIpc) is 2.72. The smallest absolute Gasteiger partial charge is 0.352 e. The van der Waals surface area contributed by atoms with E-state index < -0.39 is 17.8 Å². The highest BCUT2D eigenvalue weighted by atomic mass is 19.4. The number of hydrogen-bond donors (Lipinski definition) is 1. The van der Waals surface area contributed by atoms with Crippen molar-refractivity contribution in [3.05, 3.63) is 101 Å². The van der Waals surface area contributed by atoms with Gasteiger partial charge in [-0.25, -0.2) is 8.78 Å². The molecule has 0 bridgehead atoms. The predicted molar refractivity (Wildman–Crippen MR) is 101 cm³/mol. The van der Waals surface area contributed by atoms with E-state index in [0.29, 0.717) is 6.42 Å². The molecule has 0 fully saturated rings. The van der Waals surface area contributed by atoms with Crippen LogP contribution in [0.5, 0.6) is 0 Å². The summed E-state index contributed by atoms with van der Waals surface area (Å²) in [5.74, 6) is -1.58. The van der Waals surface area contributed by atoms with E-state index in [-0.39, 0.29) is 29.7 Å². The first kappa shape index (κ1) is 21.4. The summed E-state index contributed by atoms with van der Waals surface area (Å²) < 4.78 is 64.3. The van der Waals surface area contributed by atoms with Gasteiger partial charge in [0, 0.05) is 18.7 Å². The Morgan fingerprint density at radius 2 is 1.40 bits per heavy atom. The van der Waals surface area contributed by atoms with Gasteiger partial charge in [-0.15, -0.1) is 0 Å². The molecular formula is C22H17F5N2O. The molecule has 3 nitrogen and oxygen atoms in total. The van der Waals surface area contributed by atoms with E-state index >= 15 is 0 Å². The maximum atomic E-state index is 13.3. The molecule has 8 heteroatoms. The lowest BCUT2D eigenvalue weighted by Crippen LogP contribution is -2.26. The molecule has 0 radical (unpaired) electrons. The third-order valence-electron chi connectivity index (χ3n) is 4.58. The van der Waals surface area contributed by atoms with Crippen LogP contribution in [0.25, 0.3) is 0 Å². The van der Waals surface area contributed by atoms with Gasteiger partial charge in [-0.2, -0.15) is 13.2 Å². The van der Waals surface area contributed by atoms with Crippen molar-refractivity contribution >= 4 is 5.91 Å². The fourth-order valence-corrected chi connectivity index (χ4v) is 3.04. The van der Waals surface area contributed by atoms with E-state index in [2.05, 4.69) is 10.3 Å². The molecule has 0 saturated heterocycles. The molecule has 1 aromatic heterocycles. The van der Waals surface area contributed by atoms with Gasteiger partial charge >= 0.3 is 6.18 Å². The zero-order valence-electron chi connectivity index (χ0n) is 15.6. The largest absolute Gasteiger partial charge is 0.433 e. The third-order valence-corrected chi connectivity index (χ3v) is 4.58. The molecular weight excluding hydrogens is 403 g/mol. The molecule has 2 aromatic carbocycles. The van der Waals surface area contributed by atoms with Crippen LogP contribution in [-0.4, -0.2) is 17.4 Å². The second kappa shape index (κ2) is 9.02. The molecule has 0 unspecified atom stereocenters. The van der Waals surface area contributed by atoms with Crippen molar-refractivity contribution in [1.82, 2.24) is 10.3 Å². The zero-order chi connectivity index (χ0) is 21.7.